The topological polar surface area (TPSA) is 59.1 Å². The minimum Gasteiger partial charge on any atom is -0.388 e. The van der Waals surface area contributed by atoms with Gasteiger partial charge in [0.15, 0.2) is 0 Å². The molecule has 0 radical (unpaired) electrons. The molecule has 0 aliphatic rings. The summed E-state index contributed by atoms with van der Waals surface area (Å²) < 4.78 is 0. The smallest absolute Gasteiger partial charge is 0.129 e. The van der Waals surface area contributed by atoms with Gasteiger partial charge in [0.05, 0.1) is 6.10 Å². The highest BCUT2D eigenvalue weighted by molar-refractivity contribution is 7.99. The van der Waals surface area contributed by atoms with Crippen molar-refractivity contribution in [2.24, 2.45) is 0 Å². The summed E-state index contributed by atoms with van der Waals surface area (Å²) in [6, 6.07) is 3.62. The third kappa shape index (κ3) is 3.20. The van der Waals surface area contributed by atoms with Gasteiger partial charge in [-0.2, -0.15) is 11.8 Å². The number of pyridine rings is 1. The number of aliphatic hydroxyl groups is 1. The molecule has 0 aromatic carbocycles. The number of rotatable bonds is 5. The average Bonchev–Trinajstić information content (AvgIpc) is 2.18. The van der Waals surface area contributed by atoms with Crippen molar-refractivity contribution in [3.63, 3.8) is 0 Å². The second-order valence-electron chi connectivity index (χ2n) is 2.98. The molecular weight excluding hydrogens is 196 g/mol. The molecule has 4 heteroatoms. The second-order valence-corrected chi connectivity index (χ2v) is 4.37. The quantitative estimate of drug-likeness (QED) is 0.731. The fourth-order valence-electron chi connectivity index (χ4n) is 1.21. The van der Waals surface area contributed by atoms with E-state index in [0.29, 0.717) is 5.82 Å². The van der Waals surface area contributed by atoms with Gasteiger partial charge in [-0.1, -0.05) is 13.0 Å². The monoisotopic (exact) mass is 212 g/mol. The lowest BCUT2D eigenvalue weighted by atomic mass is 10.1. The van der Waals surface area contributed by atoms with Gasteiger partial charge in [0.25, 0.3) is 0 Å². The van der Waals surface area contributed by atoms with Crippen LogP contribution in [-0.4, -0.2) is 21.6 Å². The number of aliphatic hydroxyl groups excluding tert-OH is 1. The molecule has 1 heterocycles. The highest BCUT2D eigenvalue weighted by atomic mass is 32.2. The first kappa shape index (κ1) is 11.3. The maximum Gasteiger partial charge on any atom is 0.129 e. The van der Waals surface area contributed by atoms with Gasteiger partial charge in [0.2, 0.25) is 0 Å². The van der Waals surface area contributed by atoms with E-state index in [0.717, 1.165) is 23.5 Å². The number of hydrogen-bond donors (Lipinski definition) is 2. The van der Waals surface area contributed by atoms with Gasteiger partial charge in [-0.15, -0.1) is 0 Å². The second kappa shape index (κ2) is 5.88. The minimum absolute atomic E-state index is 0.432. The molecule has 0 bridgehead atoms. The number of nitrogens with zero attached hydrogens (tertiary/aromatic N) is 1. The Balaban J connectivity index is 2.51. The highest BCUT2D eigenvalue weighted by Crippen LogP contribution is 2.22. The number of anilines is 1. The Hall–Kier alpha value is -0.740. The Bertz CT molecular complexity index is 281. The van der Waals surface area contributed by atoms with E-state index >= 15 is 0 Å². The lowest BCUT2D eigenvalue weighted by Crippen LogP contribution is -2.04. The van der Waals surface area contributed by atoms with Crippen LogP contribution in [0.15, 0.2) is 18.3 Å². The minimum atomic E-state index is -0.484. The summed E-state index contributed by atoms with van der Waals surface area (Å²) in [4.78, 5) is 3.94. The first-order chi connectivity index (χ1) is 6.75. The summed E-state index contributed by atoms with van der Waals surface area (Å²) in [5, 5.41) is 9.79. The maximum absolute atomic E-state index is 9.79. The van der Waals surface area contributed by atoms with E-state index in [9.17, 15) is 5.11 Å². The maximum atomic E-state index is 9.79. The molecule has 1 aromatic rings. The Morgan fingerprint density at radius 1 is 1.64 bits per heavy atom. The third-order valence-corrected chi connectivity index (χ3v) is 2.90. The van der Waals surface area contributed by atoms with Crippen molar-refractivity contribution in [1.82, 2.24) is 4.98 Å². The Labute approximate surface area is 88.7 Å². The number of nitrogens with two attached hydrogens (primary N) is 1. The fourth-order valence-corrected chi connectivity index (χ4v) is 1.89. The molecular formula is C10H16N2OS. The SMILES string of the molecule is CCSCCC(O)c1cccnc1N. The first-order valence-electron chi connectivity index (χ1n) is 4.72. The largest absolute Gasteiger partial charge is 0.388 e. The van der Waals surface area contributed by atoms with Crippen LogP contribution in [0.1, 0.15) is 25.0 Å². The van der Waals surface area contributed by atoms with Crippen LogP contribution < -0.4 is 5.73 Å². The Kier molecular flexibility index (Phi) is 4.76. The molecule has 1 unspecified atom stereocenters. The molecule has 3 nitrogen and oxygen atoms in total. The van der Waals surface area contributed by atoms with Crippen molar-refractivity contribution in [1.29, 1.82) is 0 Å². The van der Waals surface area contributed by atoms with Crippen LogP contribution in [0.5, 0.6) is 0 Å². The van der Waals surface area contributed by atoms with Crippen LogP contribution in [0, 0.1) is 0 Å². The van der Waals surface area contributed by atoms with Crippen molar-refractivity contribution in [2.45, 2.75) is 19.4 Å². The Morgan fingerprint density at radius 2 is 2.43 bits per heavy atom. The molecule has 1 atom stereocenters. The number of thioether (sulfide) groups is 1. The zero-order valence-electron chi connectivity index (χ0n) is 8.31. The highest BCUT2D eigenvalue weighted by Gasteiger charge is 2.10. The lowest BCUT2D eigenvalue weighted by molar-refractivity contribution is 0.175. The molecule has 0 aliphatic carbocycles. The van der Waals surface area contributed by atoms with Crippen LogP contribution in [0.3, 0.4) is 0 Å². The van der Waals surface area contributed by atoms with Gasteiger partial charge in [0, 0.05) is 11.8 Å². The molecule has 0 aliphatic heterocycles. The summed E-state index contributed by atoms with van der Waals surface area (Å²) in [6.07, 6.45) is 1.88. The number of hydrogen-bond acceptors (Lipinski definition) is 4. The predicted octanol–water partition coefficient (Wildman–Crippen LogP) is 1.84. The molecule has 0 fully saturated rings. The van der Waals surface area contributed by atoms with Crippen molar-refractivity contribution < 1.29 is 5.11 Å². The van der Waals surface area contributed by atoms with E-state index in [-0.39, 0.29) is 0 Å². The van der Waals surface area contributed by atoms with E-state index in [2.05, 4.69) is 11.9 Å². The molecule has 0 saturated carbocycles. The summed E-state index contributed by atoms with van der Waals surface area (Å²) in [5.41, 5.74) is 6.39. The van der Waals surface area contributed by atoms with Gasteiger partial charge in [-0.05, 0) is 24.0 Å². The van der Waals surface area contributed by atoms with Gasteiger partial charge in [-0.3, -0.25) is 0 Å². The molecule has 0 spiro atoms. The summed E-state index contributed by atoms with van der Waals surface area (Å²) >= 11 is 1.82. The van der Waals surface area contributed by atoms with Crippen molar-refractivity contribution in [3.05, 3.63) is 23.9 Å². The van der Waals surface area contributed by atoms with Gasteiger partial charge in [-0.25, -0.2) is 4.98 Å². The fraction of sp³-hybridized carbons (Fsp3) is 0.500. The van der Waals surface area contributed by atoms with Gasteiger partial charge < -0.3 is 10.8 Å². The zero-order valence-corrected chi connectivity index (χ0v) is 9.13. The van der Waals surface area contributed by atoms with E-state index in [1.54, 1.807) is 12.3 Å². The van der Waals surface area contributed by atoms with Gasteiger partial charge >= 0.3 is 0 Å². The normalized spacial score (nSPS) is 12.7. The van der Waals surface area contributed by atoms with E-state index < -0.39 is 6.10 Å². The molecule has 0 saturated heterocycles. The molecule has 78 valence electrons. The predicted molar refractivity (Wildman–Crippen MR) is 61.2 cm³/mol. The third-order valence-electron chi connectivity index (χ3n) is 1.97. The van der Waals surface area contributed by atoms with Crippen molar-refractivity contribution in [3.8, 4) is 0 Å². The van der Waals surface area contributed by atoms with E-state index in [4.69, 9.17) is 5.73 Å². The van der Waals surface area contributed by atoms with Crippen LogP contribution in [0.2, 0.25) is 0 Å². The van der Waals surface area contributed by atoms with Crippen molar-refractivity contribution >= 4 is 17.6 Å². The summed E-state index contributed by atoms with van der Waals surface area (Å²) in [7, 11) is 0. The Morgan fingerprint density at radius 3 is 3.07 bits per heavy atom. The molecule has 14 heavy (non-hydrogen) atoms. The summed E-state index contributed by atoms with van der Waals surface area (Å²) in [6.45, 7) is 2.11. The number of aromatic nitrogens is 1. The standard InChI is InChI=1S/C10H16N2OS/c1-2-14-7-5-9(13)8-4-3-6-12-10(8)11/h3-4,6,9,13H,2,5,7H2,1H3,(H2,11,12). The molecule has 1 rings (SSSR count). The van der Waals surface area contributed by atoms with Crippen LogP contribution in [-0.2, 0) is 0 Å². The van der Waals surface area contributed by atoms with Gasteiger partial charge in [0.1, 0.15) is 5.82 Å². The first-order valence-corrected chi connectivity index (χ1v) is 5.87. The zero-order chi connectivity index (χ0) is 10.4. The average molecular weight is 212 g/mol. The molecule has 0 amide bonds. The van der Waals surface area contributed by atoms with E-state index in [1.165, 1.54) is 0 Å². The van der Waals surface area contributed by atoms with Crippen LogP contribution >= 0.6 is 11.8 Å². The van der Waals surface area contributed by atoms with Crippen LogP contribution in [0.25, 0.3) is 0 Å². The molecule has 1 aromatic heterocycles. The lowest BCUT2D eigenvalue weighted by Gasteiger charge is -2.11. The number of nitrogen functional groups attached to an aromatic ring is 1. The molecule has 3 N–H and O–H groups in total. The van der Waals surface area contributed by atoms with Crippen molar-refractivity contribution in [2.75, 3.05) is 17.2 Å². The van der Waals surface area contributed by atoms with E-state index in [1.807, 2.05) is 17.8 Å². The summed E-state index contributed by atoms with van der Waals surface area (Å²) in [5.74, 6) is 2.46. The van der Waals surface area contributed by atoms with Crippen LogP contribution in [0.4, 0.5) is 5.82 Å².